The maximum Gasteiger partial charge on any atom is 0.264 e. The van der Waals surface area contributed by atoms with E-state index in [0.717, 1.165) is 10.8 Å². The zero-order valence-electron chi connectivity index (χ0n) is 15.1. The maximum absolute atomic E-state index is 13.0. The Bertz CT molecular complexity index is 1120. The lowest BCUT2D eigenvalue weighted by atomic mass is 9.87. The van der Waals surface area contributed by atoms with E-state index in [1.165, 1.54) is 4.90 Å². The van der Waals surface area contributed by atoms with Crippen molar-refractivity contribution in [3.8, 4) is 0 Å². The van der Waals surface area contributed by atoms with Gasteiger partial charge in [0.1, 0.15) is 0 Å². The van der Waals surface area contributed by atoms with Gasteiger partial charge in [0, 0.05) is 22.7 Å². The van der Waals surface area contributed by atoms with E-state index in [9.17, 15) is 14.7 Å². The van der Waals surface area contributed by atoms with Crippen LogP contribution in [-0.4, -0.2) is 23.3 Å². The third kappa shape index (κ3) is 2.91. The van der Waals surface area contributed by atoms with E-state index in [1.54, 1.807) is 36.4 Å². The number of carbonyl (C=O) groups is 2. The minimum atomic E-state index is -1.95. The van der Waals surface area contributed by atoms with Crippen LogP contribution in [0.4, 0.5) is 5.69 Å². The van der Waals surface area contributed by atoms with Crippen LogP contribution >= 0.6 is 11.6 Å². The number of nitrogens with zero attached hydrogens (tertiary/aromatic N) is 1. The van der Waals surface area contributed by atoms with E-state index in [1.807, 2.05) is 30.3 Å². The van der Waals surface area contributed by atoms with Crippen LogP contribution in [0.5, 0.6) is 0 Å². The molecule has 28 heavy (non-hydrogen) atoms. The summed E-state index contributed by atoms with van der Waals surface area (Å²) in [6, 6.07) is 17.9. The number of benzene rings is 3. The highest BCUT2D eigenvalue weighted by Crippen LogP contribution is 2.44. The molecule has 0 fully saturated rings. The highest BCUT2D eigenvalue weighted by Gasteiger charge is 2.50. The van der Waals surface area contributed by atoms with Gasteiger partial charge in [-0.2, -0.15) is 0 Å². The van der Waals surface area contributed by atoms with Crippen LogP contribution in [-0.2, 0) is 10.4 Å². The van der Waals surface area contributed by atoms with Crippen molar-refractivity contribution in [3.05, 3.63) is 89.5 Å². The number of ketones is 1. The second-order valence-electron chi connectivity index (χ2n) is 6.89. The normalized spacial score (nSPS) is 18.4. The zero-order valence-corrected chi connectivity index (χ0v) is 15.8. The Morgan fingerprint density at radius 3 is 2.61 bits per heavy atom. The Morgan fingerprint density at radius 2 is 1.86 bits per heavy atom. The van der Waals surface area contributed by atoms with E-state index in [2.05, 4.69) is 6.58 Å². The molecule has 1 aliphatic rings. The first-order chi connectivity index (χ1) is 13.4. The molecule has 5 heteroatoms. The number of carbonyl (C=O) groups excluding carboxylic acids is 2. The minimum absolute atomic E-state index is 0.236. The number of fused-ring (bicyclic) bond motifs is 2. The first-order valence-corrected chi connectivity index (χ1v) is 9.29. The average molecular weight is 392 g/mol. The molecule has 0 saturated heterocycles. The number of amides is 1. The van der Waals surface area contributed by atoms with E-state index < -0.39 is 11.5 Å². The van der Waals surface area contributed by atoms with Gasteiger partial charge in [-0.3, -0.25) is 9.59 Å². The molecule has 3 aromatic carbocycles. The minimum Gasteiger partial charge on any atom is -0.375 e. The summed E-state index contributed by atoms with van der Waals surface area (Å²) < 4.78 is 0. The topological polar surface area (TPSA) is 57.6 Å². The quantitative estimate of drug-likeness (QED) is 0.515. The van der Waals surface area contributed by atoms with Gasteiger partial charge in [-0.1, -0.05) is 54.1 Å². The Hall–Kier alpha value is -2.95. The summed E-state index contributed by atoms with van der Waals surface area (Å²) in [6.07, 6.45) is 1.22. The Kier molecular flexibility index (Phi) is 4.53. The number of hydrogen-bond donors (Lipinski definition) is 1. The van der Waals surface area contributed by atoms with Crippen LogP contribution in [0.1, 0.15) is 22.3 Å². The molecule has 1 amide bonds. The van der Waals surface area contributed by atoms with Crippen LogP contribution in [0.15, 0.2) is 73.3 Å². The lowest BCUT2D eigenvalue weighted by Gasteiger charge is -2.22. The molecule has 1 heterocycles. The van der Waals surface area contributed by atoms with Crippen molar-refractivity contribution in [1.29, 1.82) is 0 Å². The van der Waals surface area contributed by atoms with Crippen molar-refractivity contribution < 1.29 is 14.7 Å². The largest absolute Gasteiger partial charge is 0.375 e. The van der Waals surface area contributed by atoms with Crippen LogP contribution < -0.4 is 4.90 Å². The SMILES string of the molecule is C=CCN1C(=O)[C@@](O)(CC(=O)c2ccc3ccccc3c2)c2cc(Cl)ccc21. The van der Waals surface area contributed by atoms with Gasteiger partial charge in [0.05, 0.1) is 12.1 Å². The van der Waals surface area contributed by atoms with Crippen molar-refractivity contribution in [3.63, 3.8) is 0 Å². The summed E-state index contributed by atoms with van der Waals surface area (Å²) in [5.74, 6) is -0.855. The zero-order chi connectivity index (χ0) is 19.9. The average Bonchev–Trinajstić information content (AvgIpc) is 2.89. The predicted octanol–water partition coefficient (Wildman–Crippen LogP) is 4.49. The molecule has 4 rings (SSSR count). The van der Waals surface area contributed by atoms with Gasteiger partial charge in [-0.15, -0.1) is 6.58 Å². The van der Waals surface area contributed by atoms with Crippen LogP contribution in [0.3, 0.4) is 0 Å². The molecule has 1 N–H and O–H groups in total. The summed E-state index contributed by atoms with van der Waals surface area (Å²) in [4.78, 5) is 27.4. The molecular weight excluding hydrogens is 374 g/mol. The summed E-state index contributed by atoms with van der Waals surface area (Å²) >= 11 is 6.10. The summed E-state index contributed by atoms with van der Waals surface area (Å²) in [5.41, 5.74) is -0.610. The molecular formula is C23H18ClNO3. The lowest BCUT2D eigenvalue weighted by molar-refractivity contribution is -0.135. The van der Waals surface area contributed by atoms with Crippen molar-refractivity contribution in [2.45, 2.75) is 12.0 Å². The molecule has 140 valence electrons. The number of halogens is 1. The van der Waals surface area contributed by atoms with Crippen molar-refractivity contribution in [1.82, 2.24) is 0 Å². The summed E-state index contributed by atoms with van der Waals surface area (Å²) in [5, 5.41) is 13.6. The molecule has 1 atom stereocenters. The van der Waals surface area contributed by atoms with Gasteiger partial charge in [-0.05, 0) is 35.0 Å². The van der Waals surface area contributed by atoms with E-state index in [4.69, 9.17) is 11.6 Å². The molecule has 4 nitrogen and oxygen atoms in total. The van der Waals surface area contributed by atoms with Crippen molar-refractivity contribution in [2.24, 2.45) is 0 Å². The molecule has 3 aromatic rings. The first-order valence-electron chi connectivity index (χ1n) is 8.91. The fraction of sp³-hybridized carbons (Fsp3) is 0.130. The standard InChI is InChI=1S/C23H18ClNO3/c1-2-11-25-20-10-9-18(24)13-19(20)23(28,22(25)27)14-21(26)17-8-7-15-5-3-4-6-16(15)12-17/h2-10,12-13,28H,1,11,14H2/t23-/m1/s1. The van der Waals surface area contributed by atoms with E-state index in [0.29, 0.717) is 21.8 Å². The monoisotopic (exact) mass is 391 g/mol. The van der Waals surface area contributed by atoms with Crippen LogP contribution in [0.25, 0.3) is 10.8 Å². The smallest absolute Gasteiger partial charge is 0.264 e. The van der Waals surface area contributed by atoms with E-state index >= 15 is 0 Å². The third-order valence-corrected chi connectivity index (χ3v) is 5.33. The fourth-order valence-corrected chi connectivity index (χ4v) is 3.87. The highest BCUT2D eigenvalue weighted by molar-refractivity contribution is 6.31. The van der Waals surface area contributed by atoms with Crippen LogP contribution in [0, 0.1) is 0 Å². The van der Waals surface area contributed by atoms with Gasteiger partial charge in [0.15, 0.2) is 11.4 Å². The number of Topliss-reactive ketones (excluding diaryl/α,β-unsaturated/α-hetero) is 1. The second kappa shape index (κ2) is 6.89. The second-order valence-corrected chi connectivity index (χ2v) is 7.32. The summed E-state index contributed by atoms with van der Waals surface area (Å²) in [6.45, 7) is 3.90. The third-order valence-electron chi connectivity index (χ3n) is 5.09. The van der Waals surface area contributed by atoms with Gasteiger partial charge in [0.25, 0.3) is 5.91 Å². The number of hydrogen-bond acceptors (Lipinski definition) is 3. The first kappa shape index (κ1) is 18.4. The summed E-state index contributed by atoms with van der Waals surface area (Å²) in [7, 11) is 0. The Labute approximate surface area is 167 Å². The molecule has 0 saturated carbocycles. The Balaban J connectivity index is 1.73. The van der Waals surface area contributed by atoms with Crippen molar-refractivity contribution >= 4 is 39.8 Å². The predicted molar refractivity (Wildman–Crippen MR) is 111 cm³/mol. The van der Waals surface area contributed by atoms with Gasteiger partial charge in [-0.25, -0.2) is 0 Å². The number of rotatable bonds is 5. The fourth-order valence-electron chi connectivity index (χ4n) is 3.70. The maximum atomic E-state index is 13.0. The molecule has 0 radical (unpaired) electrons. The highest BCUT2D eigenvalue weighted by atomic mass is 35.5. The van der Waals surface area contributed by atoms with Gasteiger partial charge < -0.3 is 10.0 Å². The molecule has 0 spiro atoms. The van der Waals surface area contributed by atoms with Crippen LogP contribution in [0.2, 0.25) is 5.02 Å². The molecule has 1 aliphatic heterocycles. The molecule has 0 aliphatic carbocycles. The van der Waals surface area contributed by atoms with Gasteiger partial charge in [0.2, 0.25) is 0 Å². The molecule has 0 unspecified atom stereocenters. The Morgan fingerprint density at radius 1 is 1.11 bits per heavy atom. The number of aliphatic hydroxyl groups is 1. The molecule has 0 bridgehead atoms. The van der Waals surface area contributed by atoms with E-state index in [-0.39, 0.29) is 18.7 Å². The lowest BCUT2D eigenvalue weighted by Crippen LogP contribution is -2.41. The van der Waals surface area contributed by atoms with Crippen molar-refractivity contribution in [2.75, 3.05) is 11.4 Å². The van der Waals surface area contributed by atoms with Gasteiger partial charge >= 0.3 is 0 Å². The molecule has 0 aromatic heterocycles. The number of anilines is 1.